The number of aliphatic imine (C=N–C) groups is 1. The number of aryl methyl sites for hydroxylation is 1. The summed E-state index contributed by atoms with van der Waals surface area (Å²) in [4.78, 5) is 27.8. The fourth-order valence-corrected chi connectivity index (χ4v) is 3.72. The SMILES string of the molecule is CC1=Nc2c(c(C(C)(C)C)nn2C)C(c2ccccc2[N+](=O)[O-])C1C(=O)O. The zero-order chi connectivity index (χ0) is 20.1. The quantitative estimate of drug-likeness (QED) is 0.656. The molecule has 0 fully saturated rings. The topological polar surface area (TPSA) is 111 Å². The van der Waals surface area contributed by atoms with E-state index in [0.717, 1.165) is 0 Å². The lowest BCUT2D eigenvalue weighted by Gasteiger charge is -2.30. The van der Waals surface area contributed by atoms with Crippen molar-refractivity contribution < 1.29 is 14.8 Å². The Morgan fingerprint density at radius 2 is 1.93 bits per heavy atom. The molecule has 0 saturated carbocycles. The number of aromatic nitrogens is 2. The lowest BCUT2D eigenvalue weighted by Crippen LogP contribution is -2.33. The lowest BCUT2D eigenvalue weighted by atomic mass is 9.73. The maximum Gasteiger partial charge on any atom is 0.313 e. The number of hydrogen-bond donors (Lipinski definition) is 1. The highest BCUT2D eigenvalue weighted by Gasteiger charge is 2.45. The molecule has 1 aromatic carbocycles. The molecule has 2 unspecified atom stereocenters. The molecule has 27 heavy (non-hydrogen) atoms. The lowest BCUT2D eigenvalue weighted by molar-refractivity contribution is -0.385. The number of hydrogen-bond acceptors (Lipinski definition) is 5. The fourth-order valence-electron chi connectivity index (χ4n) is 3.72. The van der Waals surface area contributed by atoms with Crippen molar-refractivity contribution in [3.05, 3.63) is 51.2 Å². The summed E-state index contributed by atoms with van der Waals surface area (Å²) in [6.07, 6.45) is 0. The highest BCUT2D eigenvalue weighted by atomic mass is 16.6. The Kier molecular flexibility index (Phi) is 4.37. The number of nitro groups is 1. The van der Waals surface area contributed by atoms with E-state index in [1.807, 2.05) is 20.8 Å². The molecule has 8 nitrogen and oxygen atoms in total. The predicted molar refractivity (Wildman–Crippen MR) is 101 cm³/mol. The second kappa shape index (κ2) is 6.29. The van der Waals surface area contributed by atoms with E-state index in [1.165, 1.54) is 6.07 Å². The van der Waals surface area contributed by atoms with Crippen LogP contribution >= 0.6 is 0 Å². The van der Waals surface area contributed by atoms with Crippen LogP contribution in [0.5, 0.6) is 0 Å². The molecule has 0 bridgehead atoms. The van der Waals surface area contributed by atoms with E-state index in [0.29, 0.717) is 28.4 Å². The third kappa shape index (κ3) is 3.01. The number of benzene rings is 1. The van der Waals surface area contributed by atoms with Crippen LogP contribution in [0, 0.1) is 16.0 Å². The van der Waals surface area contributed by atoms with Gasteiger partial charge in [0.15, 0.2) is 5.82 Å². The van der Waals surface area contributed by atoms with Crippen molar-refractivity contribution in [2.24, 2.45) is 18.0 Å². The van der Waals surface area contributed by atoms with Gasteiger partial charge in [-0.2, -0.15) is 5.10 Å². The summed E-state index contributed by atoms with van der Waals surface area (Å²) < 4.78 is 1.62. The third-order valence-electron chi connectivity index (χ3n) is 4.87. The molecule has 1 aromatic heterocycles. The number of carboxylic acids is 1. The molecule has 2 heterocycles. The normalized spacial score (nSPS) is 19.4. The van der Waals surface area contributed by atoms with Crippen LogP contribution in [0.4, 0.5) is 11.5 Å². The molecule has 142 valence electrons. The molecule has 2 aromatic rings. The van der Waals surface area contributed by atoms with E-state index < -0.39 is 22.7 Å². The van der Waals surface area contributed by atoms with Crippen molar-refractivity contribution >= 4 is 23.2 Å². The van der Waals surface area contributed by atoms with Gasteiger partial charge in [-0.05, 0) is 6.92 Å². The molecule has 3 rings (SSSR count). The third-order valence-corrected chi connectivity index (χ3v) is 4.87. The first-order valence-electron chi connectivity index (χ1n) is 8.62. The summed E-state index contributed by atoms with van der Waals surface area (Å²) in [6.45, 7) is 7.58. The van der Waals surface area contributed by atoms with E-state index in [9.17, 15) is 20.0 Å². The Morgan fingerprint density at radius 1 is 1.30 bits per heavy atom. The number of para-hydroxylation sites is 1. The molecule has 0 saturated heterocycles. The van der Waals surface area contributed by atoms with Crippen LogP contribution < -0.4 is 0 Å². The minimum atomic E-state index is -1.06. The summed E-state index contributed by atoms with van der Waals surface area (Å²) in [5.41, 5.74) is 1.64. The number of aliphatic carboxylic acids is 1. The van der Waals surface area contributed by atoms with E-state index in [-0.39, 0.29) is 11.1 Å². The van der Waals surface area contributed by atoms with Crippen LogP contribution in [0.25, 0.3) is 0 Å². The average Bonchev–Trinajstić information content (AvgIpc) is 2.90. The van der Waals surface area contributed by atoms with Gasteiger partial charge in [0.25, 0.3) is 5.69 Å². The van der Waals surface area contributed by atoms with E-state index >= 15 is 0 Å². The molecule has 1 aliphatic rings. The zero-order valence-electron chi connectivity index (χ0n) is 15.9. The summed E-state index contributed by atoms with van der Waals surface area (Å²) in [6, 6.07) is 6.30. The highest BCUT2D eigenvalue weighted by molar-refractivity contribution is 6.04. The van der Waals surface area contributed by atoms with Crippen molar-refractivity contribution in [1.29, 1.82) is 0 Å². The minimum Gasteiger partial charge on any atom is -0.481 e. The van der Waals surface area contributed by atoms with Crippen molar-refractivity contribution in [1.82, 2.24) is 9.78 Å². The maximum absolute atomic E-state index is 12.1. The van der Waals surface area contributed by atoms with Crippen LogP contribution in [-0.2, 0) is 17.3 Å². The summed E-state index contributed by atoms with van der Waals surface area (Å²) in [7, 11) is 1.75. The zero-order valence-corrected chi connectivity index (χ0v) is 15.9. The molecule has 0 radical (unpaired) electrons. The predicted octanol–water partition coefficient (Wildman–Crippen LogP) is 3.56. The van der Waals surface area contributed by atoms with E-state index in [4.69, 9.17) is 0 Å². The molecule has 2 atom stereocenters. The van der Waals surface area contributed by atoms with Gasteiger partial charge in [0.05, 0.1) is 10.6 Å². The molecule has 1 N–H and O–H groups in total. The first-order valence-corrected chi connectivity index (χ1v) is 8.62. The van der Waals surface area contributed by atoms with E-state index in [1.54, 1.807) is 36.9 Å². The number of nitro benzene ring substituents is 1. The van der Waals surface area contributed by atoms with Gasteiger partial charge in [0.2, 0.25) is 0 Å². The first-order chi connectivity index (χ1) is 12.5. The highest BCUT2D eigenvalue weighted by Crippen LogP contribution is 2.48. The Bertz CT molecular complexity index is 969. The molecular formula is C19H22N4O4. The maximum atomic E-state index is 12.1. The van der Waals surface area contributed by atoms with Gasteiger partial charge in [-0.3, -0.25) is 19.6 Å². The Hall–Kier alpha value is -3.03. The van der Waals surface area contributed by atoms with Crippen molar-refractivity contribution in [2.75, 3.05) is 0 Å². The van der Waals surface area contributed by atoms with E-state index in [2.05, 4.69) is 10.1 Å². The van der Waals surface area contributed by atoms with Crippen LogP contribution in [0.15, 0.2) is 29.3 Å². The number of carboxylic acid groups (broad SMARTS) is 1. The molecule has 8 heteroatoms. The number of carbonyl (C=O) groups is 1. The molecule has 0 spiro atoms. The fraction of sp³-hybridized carbons (Fsp3) is 0.421. The van der Waals surface area contributed by atoms with Gasteiger partial charge >= 0.3 is 5.97 Å². The van der Waals surface area contributed by atoms with Crippen molar-refractivity contribution in [3.63, 3.8) is 0 Å². The van der Waals surface area contributed by atoms with Gasteiger partial charge in [-0.1, -0.05) is 39.0 Å². The van der Waals surface area contributed by atoms with Gasteiger partial charge in [0.1, 0.15) is 5.92 Å². The minimum absolute atomic E-state index is 0.0990. The average molecular weight is 370 g/mol. The standard InChI is InChI=1S/C19H22N4O4/c1-10-13(18(24)25)14(11-8-6-7-9-12(11)23(26)27)15-16(19(2,3)4)21-22(5)17(15)20-10/h6-9,13-14H,1-5H3,(H,24,25). The van der Waals surface area contributed by atoms with Crippen LogP contribution in [0.1, 0.15) is 50.4 Å². The Morgan fingerprint density at radius 3 is 2.48 bits per heavy atom. The molecule has 0 amide bonds. The van der Waals surface area contributed by atoms with Gasteiger partial charge in [0, 0.05) is 41.3 Å². The summed E-state index contributed by atoms with van der Waals surface area (Å²) in [5, 5.41) is 26.1. The van der Waals surface area contributed by atoms with Crippen LogP contribution in [-0.4, -0.2) is 31.5 Å². The molecule has 1 aliphatic heterocycles. The first kappa shape index (κ1) is 18.8. The van der Waals surface area contributed by atoms with Crippen LogP contribution in [0.3, 0.4) is 0 Å². The van der Waals surface area contributed by atoms with Gasteiger partial charge < -0.3 is 5.11 Å². The second-order valence-corrected chi connectivity index (χ2v) is 7.82. The smallest absolute Gasteiger partial charge is 0.313 e. The second-order valence-electron chi connectivity index (χ2n) is 7.82. The van der Waals surface area contributed by atoms with Crippen molar-refractivity contribution in [2.45, 2.75) is 39.0 Å². The summed E-state index contributed by atoms with van der Waals surface area (Å²) in [5.74, 6) is -2.24. The van der Waals surface area contributed by atoms with Crippen LogP contribution in [0.2, 0.25) is 0 Å². The monoisotopic (exact) mass is 370 g/mol. The number of rotatable bonds is 3. The number of nitrogens with zero attached hydrogens (tertiary/aromatic N) is 4. The molecular weight excluding hydrogens is 348 g/mol. The van der Waals surface area contributed by atoms with Gasteiger partial charge in [-0.25, -0.2) is 4.99 Å². The van der Waals surface area contributed by atoms with Crippen molar-refractivity contribution in [3.8, 4) is 0 Å². The summed E-state index contributed by atoms with van der Waals surface area (Å²) >= 11 is 0. The van der Waals surface area contributed by atoms with Gasteiger partial charge in [-0.15, -0.1) is 0 Å². The largest absolute Gasteiger partial charge is 0.481 e. The Balaban J connectivity index is 2.40. The molecule has 0 aliphatic carbocycles. The Labute approximate surface area is 156 Å². The number of fused-ring (bicyclic) bond motifs is 1.